The standard InChI is InChI=1S/C16H14ClN3O3/c17-15-8-7-14(20(22)23)10-13(15)11-18-19-16(21)9-6-12-4-2-1-3-5-12/h1-5,7-8,10-11H,6,9H2,(H,19,21). The maximum atomic E-state index is 11.7. The smallest absolute Gasteiger partial charge is 0.270 e. The molecule has 6 nitrogen and oxygen atoms in total. The number of hydrazone groups is 1. The van der Waals surface area contributed by atoms with Gasteiger partial charge in [-0.3, -0.25) is 14.9 Å². The second kappa shape index (κ2) is 8.05. The Morgan fingerprint density at radius 2 is 2.00 bits per heavy atom. The van der Waals surface area contributed by atoms with Crippen molar-refractivity contribution in [3.8, 4) is 0 Å². The molecule has 1 amide bonds. The van der Waals surface area contributed by atoms with Crippen LogP contribution in [0, 0.1) is 10.1 Å². The normalized spacial score (nSPS) is 10.7. The molecule has 0 atom stereocenters. The number of hydrogen-bond donors (Lipinski definition) is 1. The molecule has 0 aliphatic heterocycles. The fourth-order valence-corrected chi connectivity index (χ4v) is 2.04. The van der Waals surface area contributed by atoms with Crippen molar-refractivity contribution in [1.29, 1.82) is 0 Å². The molecule has 1 N–H and O–H groups in total. The van der Waals surface area contributed by atoms with Crippen LogP contribution in [0.2, 0.25) is 5.02 Å². The van der Waals surface area contributed by atoms with E-state index >= 15 is 0 Å². The summed E-state index contributed by atoms with van der Waals surface area (Å²) < 4.78 is 0. The molecule has 0 aliphatic carbocycles. The van der Waals surface area contributed by atoms with Crippen LogP contribution < -0.4 is 5.43 Å². The minimum Gasteiger partial charge on any atom is -0.273 e. The molecule has 0 saturated heterocycles. The summed E-state index contributed by atoms with van der Waals surface area (Å²) in [4.78, 5) is 21.9. The number of nitro groups is 1. The first-order valence-corrected chi connectivity index (χ1v) is 7.24. The monoisotopic (exact) mass is 331 g/mol. The molecular weight excluding hydrogens is 318 g/mol. The third kappa shape index (κ3) is 5.19. The van der Waals surface area contributed by atoms with Crippen LogP contribution in [-0.4, -0.2) is 17.0 Å². The van der Waals surface area contributed by atoms with E-state index in [1.165, 1.54) is 24.4 Å². The lowest BCUT2D eigenvalue weighted by Crippen LogP contribution is -2.17. The van der Waals surface area contributed by atoms with Gasteiger partial charge in [-0.05, 0) is 18.1 Å². The van der Waals surface area contributed by atoms with Crippen LogP contribution in [0.15, 0.2) is 53.6 Å². The van der Waals surface area contributed by atoms with Crippen molar-refractivity contribution in [2.45, 2.75) is 12.8 Å². The predicted octanol–water partition coefficient (Wildman–Crippen LogP) is 3.33. The Morgan fingerprint density at radius 1 is 1.26 bits per heavy atom. The molecule has 0 spiro atoms. The molecule has 118 valence electrons. The second-order valence-corrected chi connectivity index (χ2v) is 5.15. The van der Waals surface area contributed by atoms with E-state index in [9.17, 15) is 14.9 Å². The Hall–Kier alpha value is -2.73. The SMILES string of the molecule is O=C(CCc1ccccc1)NN=Cc1cc([N+](=O)[O-])ccc1Cl. The van der Waals surface area contributed by atoms with Crippen LogP contribution in [0.4, 0.5) is 5.69 Å². The fourth-order valence-electron chi connectivity index (χ4n) is 1.88. The maximum absolute atomic E-state index is 11.7. The highest BCUT2D eigenvalue weighted by Crippen LogP contribution is 2.20. The molecule has 2 aromatic carbocycles. The van der Waals surface area contributed by atoms with Crippen LogP contribution in [0.25, 0.3) is 0 Å². The zero-order chi connectivity index (χ0) is 16.7. The molecule has 0 aromatic heterocycles. The number of rotatable bonds is 6. The van der Waals surface area contributed by atoms with Gasteiger partial charge in [0, 0.05) is 29.1 Å². The summed E-state index contributed by atoms with van der Waals surface area (Å²) in [6.07, 6.45) is 2.19. The fraction of sp³-hybridized carbons (Fsp3) is 0.125. The number of nitro benzene ring substituents is 1. The predicted molar refractivity (Wildman–Crippen MR) is 88.6 cm³/mol. The molecule has 2 aromatic rings. The first-order chi connectivity index (χ1) is 11.1. The highest BCUT2D eigenvalue weighted by Gasteiger charge is 2.08. The van der Waals surface area contributed by atoms with Crippen LogP contribution >= 0.6 is 11.6 Å². The Balaban J connectivity index is 1.90. The first-order valence-electron chi connectivity index (χ1n) is 6.86. The van der Waals surface area contributed by atoms with E-state index in [0.29, 0.717) is 23.4 Å². The van der Waals surface area contributed by atoms with Gasteiger partial charge in [-0.1, -0.05) is 41.9 Å². The molecule has 2 rings (SSSR count). The average molecular weight is 332 g/mol. The van der Waals surface area contributed by atoms with Crippen molar-refractivity contribution in [2.75, 3.05) is 0 Å². The highest BCUT2D eigenvalue weighted by atomic mass is 35.5. The summed E-state index contributed by atoms with van der Waals surface area (Å²) in [7, 11) is 0. The van der Waals surface area contributed by atoms with Crippen LogP contribution in [0.5, 0.6) is 0 Å². The van der Waals surface area contributed by atoms with E-state index in [0.717, 1.165) is 5.56 Å². The number of halogens is 1. The summed E-state index contributed by atoms with van der Waals surface area (Å²) in [5.41, 5.74) is 3.72. The van der Waals surface area contributed by atoms with E-state index in [1.54, 1.807) is 0 Å². The summed E-state index contributed by atoms with van der Waals surface area (Å²) in [6, 6.07) is 13.6. The zero-order valence-electron chi connectivity index (χ0n) is 12.1. The lowest BCUT2D eigenvalue weighted by molar-refractivity contribution is -0.384. The molecule has 0 unspecified atom stereocenters. The van der Waals surface area contributed by atoms with Crippen molar-refractivity contribution in [3.05, 3.63) is 74.8 Å². The maximum Gasteiger partial charge on any atom is 0.270 e. The van der Waals surface area contributed by atoms with Gasteiger partial charge < -0.3 is 0 Å². The Morgan fingerprint density at radius 3 is 2.70 bits per heavy atom. The first kappa shape index (κ1) is 16.6. The van der Waals surface area contributed by atoms with Gasteiger partial charge in [-0.15, -0.1) is 0 Å². The number of aryl methyl sites for hydroxylation is 1. The molecular formula is C16H14ClN3O3. The van der Waals surface area contributed by atoms with E-state index < -0.39 is 4.92 Å². The van der Waals surface area contributed by atoms with Crippen molar-refractivity contribution in [1.82, 2.24) is 5.43 Å². The molecule has 0 heterocycles. The topological polar surface area (TPSA) is 84.6 Å². The summed E-state index contributed by atoms with van der Waals surface area (Å²) in [5.74, 6) is -0.244. The number of carbonyl (C=O) groups excluding carboxylic acids is 1. The molecule has 0 radical (unpaired) electrons. The van der Waals surface area contributed by atoms with Gasteiger partial charge in [-0.25, -0.2) is 5.43 Å². The third-order valence-corrected chi connectivity index (χ3v) is 3.41. The van der Waals surface area contributed by atoms with Gasteiger partial charge in [0.15, 0.2) is 0 Å². The van der Waals surface area contributed by atoms with Gasteiger partial charge in [0.2, 0.25) is 5.91 Å². The highest BCUT2D eigenvalue weighted by molar-refractivity contribution is 6.33. The van der Waals surface area contributed by atoms with Gasteiger partial charge in [0.1, 0.15) is 0 Å². The van der Waals surface area contributed by atoms with Crippen molar-refractivity contribution >= 4 is 29.4 Å². The Bertz CT molecular complexity index is 733. The van der Waals surface area contributed by atoms with E-state index in [4.69, 9.17) is 11.6 Å². The number of nitrogens with one attached hydrogen (secondary N) is 1. The molecule has 0 aliphatic rings. The molecule has 0 fully saturated rings. The minimum absolute atomic E-state index is 0.0914. The summed E-state index contributed by atoms with van der Waals surface area (Å²) in [6.45, 7) is 0. The van der Waals surface area contributed by atoms with Gasteiger partial charge in [0.25, 0.3) is 5.69 Å². The Kier molecular flexibility index (Phi) is 5.82. The number of benzene rings is 2. The van der Waals surface area contributed by atoms with Gasteiger partial charge >= 0.3 is 0 Å². The minimum atomic E-state index is -0.522. The summed E-state index contributed by atoms with van der Waals surface area (Å²) in [5, 5.41) is 14.8. The van der Waals surface area contributed by atoms with Crippen LogP contribution in [-0.2, 0) is 11.2 Å². The van der Waals surface area contributed by atoms with Gasteiger partial charge in [0.05, 0.1) is 11.1 Å². The van der Waals surface area contributed by atoms with Crippen molar-refractivity contribution in [2.24, 2.45) is 5.10 Å². The number of carbonyl (C=O) groups is 1. The largest absolute Gasteiger partial charge is 0.273 e. The summed E-state index contributed by atoms with van der Waals surface area (Å²) >= 11 is 5.93. The number of non-ortho nitro benzene ring substituents is 1. The lowest BCUT2D eigenvalue weighted by Gasteiger charge is -2.01. The lowest BCUT2D eigenvalue weighted by atomic mass is 10.1. The Labute approximate surface area is 137 Å². The second-order valence-electron chi connectivity index (χ2n) is 4.74. The van der Waals surface area contributed by atoms with Crippen molar-refractivity contribution in [3.63, 3.8) is 0 Å². The van der Waals surface area contributed by atoms with E-state index in [-0.39, 0.29) is 11.6 Å². The van der Waals surface area contributed by atoms with Crippen LogP contribution in [0.3, 0.4) is 0 Å². The molecule has 23 heavy (non-hydrogen) atoms. The van der Waals surface area contributed by atoms with Crippen molar-refractivity contribution < 1.29 is 9.72 Å². The van der Waals surface area contributed by atoms with E-state index in [1.807, 2.05) is 30.3 Å². The quantitative estimate of drug-likeness (QED) is 0.500. The third-order valence-electron chi connectivity index (χ3n) is 3.07. The average Bonchev–Trinajstić information content (AvgIpc) is 2.55. The van der Waals surface area contributed by atoms with E-state index in [2.05, 4.69) is 10.5 Å². The molecule has 0 bridgehead atoms. The molecule has 7 heteroatoms. The number of nitrogens with zero attached hydrogens (tertiary/aromatic N) is 2. The number of amides is 1. The zero-order valence-corrected chi connectivity index (χ0v) is 12.9. The molecule has 0 saturated carbocycles. The van der Waals surface area contributed by atoms with Gasteiger partial charge in [-0.2, -0.15) is 5.10 Å². The van der Waals surface area contributed by atoms with Crippen LogP contribution in [0.1, 0.15) is 17.5 Å². The number of hydrogen-bond acceptors (Lipinski definition) is 4.